The normalized spacial score (nSPS) is 42.3. The van der Waals surface area contributed by atoms with Crippen LogP contribution in [0.5, 0.6) is 0 Å². The van der Waals surface area contributed by atoms with Gasteiger partial charge in [-0.3, -0.25) is 19.2 Å². The molecule has 8 rings (SSSR count). The summed E-state index contributed by atoms with van der Waals surface area (Å²) in [6.07, 6.45) is 10.9. The fraction of sp³-hybridized carbons (Fsp3) is 0.882. The fourth-order valence-corrected chi connectivity index (χ4v) is 8.45. The molecule has 12 nitrogen and oxygen atoms in total. The van der Waals surface area contributed by atoms with Crippen LogP contribution in [0, 0.1) is 29.1 Å². The topological polar surface area (TPSA) is 155 Å². The van der Waals surface area contributed by atoms with Gasteiger partial charge in [0.25, 0.3) is 5.41 Å². The second kappa shape index (κ2) is 12.6. The summed E-state index contributed by atoms with van der Waals surface area (Å²) in [7, 11) is 0. The van der Waals surface area contributed by atoms with Gasteiger partial charge in [-0.05, 0) is 101 Å². The molecule has 46 heavy (non-hydrogen) atoms. The fourth-order valence-electron chi connectivity index (χ4n) is 8.45. The lowest BCUT2D eigenvalue weighted by Gasteiger charge is -2.30. The molecule has 0 radical (unpaired) electrons. The molecule has 4 saturated heterocycles. The minimum Gasteiger partial charge on any atom is -0.465 e. The van der Waals surface area contributed by atoms with E-state index >= 15 is 0 Å². The molecule has 4 aliphatic carbocycles. The molecule has 0 aromatic carbocycles. The quantitative estimate of drug-likeness (QED) is 0.125. The van der Waals surface area contributed by atoms with Crippen molar-refractivity contribution in [2.45, 2.75) is 132 Å². The third kappa shape index (κ3) is 6.82. The Morgan fingerprint density at radius 3 is 1.04 bits per heavy atom. The van der Waals surface area contributed by atoms with Crippen LogP contribution in [0.25, 0.3) is 0 Å². The van der Waals surface area contributed by atoms with Crippen molar-refractivity contribution in [1.29, 1.82) is 0 Å². The van der Waals surface area contributed by atoms with Crippen molar-refractivity contribution >= 4 is 23.9 Å². The maximum Gasteiger partial charge on any atom is 0.335 e. The van der Waals surface area contributed by atoms with Gasteiger partial charge in [0.05, 0.1) is 81.7 Å². The Morgan fingerprint density at radius 2 is 0.739 bits per heavy atom. The van der Waals surface area contributed by atoms with E-state index in [1.54, 1.807) is 0 Å². The van der Waals surface area contributed by atoms with Gasteiger partial charge in [0.15, 0.2) is 0 Å². The predicted octanol–water partition coefficient (Wildman–Crippen LogP) is 2.81. The van der Waals surface area contributed by atoms with E-state index < -0.39 is 35.7 Å². The van der Waals surface area contributed by atoms with Gasteiger partial charge in [-0.15, -0.1) is 0 Å². The summed E-state index contributed by atoms with van der Waals surface area (Å²) in [5, 5.41) is 0. The summed E-state index contributed by atoms with van der Waals surface area (Å²) in [6, 6.07) is 0. The van der Waals surface area contributed by atoms with E-state index in [-0.39, 0.29) is 92.8 Å². The van der Waals surface area contributed by atoms with Gasteiger partial charge in [-0.1, -0.05) is 0 Å². The second-order valence-corrected chi connectivity index (χ2v) is 15.1. The summed E-state index contributed by atoms with van der Waals surface area (Å²) in [6.45, 7) is 0.166. The van der Waals surface area contributed by atoms with Crippen molar-refractivity contribution in [2.75, 3.05) is 26.4 Å². The number of fused-ring (bicyclic) bond motifs is 4. The number of carbonyl (C=O) groups excluding carboxylic acids is 4. The molecule has 0 bridgehead atoms. The van der Waals surface area contributed by atoms with Crippen molar-refractivity contribution in [1.82, 2.24) is 0 Å². The molecule has 0 N–H and O–H groups in total. The summed E-state index contributed by atoms with van der Waals surface area (Å²) in [5.41, 5.74) is -2.62. The van der Waals surface area contributed by atoms with Gasteiger partial charge < -0.3 is 37.9 Å². The zero-order valence-electron chi connectivity index (χ0n) is 26.3. The van der Waals surface area contributed by atoms with Gasteiger partial charge in [-0.25, -0.2) is 0 Å². The maximum absolute atomic E-state index is 14.1. The van der Waals surface area contributed by atoms with Crippen molar-refractivity contribution in [2.24, 2.45) is 29.1 Å². The third-order valence-corrected chi connectivity index (χ3v) is 11.7. The number of ether oxygens (including phenoxy) is 8. The van der Waals surface area contributed by atoms with Crippen LogP contribution >= 0.6 is 0 Å². The molecule has 0 amide bonds. The van der Waals surface area contributed by atoms with Crippen LogP contribution in [0.3, 0.4) is 0 Å². The first kappa shape index (κ1) is 31.0. The summed E-state index contributed by atoms with van der Waals surface area (Å²) in [4.78, 5) is 55.7. The predicted molar refractivity (Wildman–Crippen MR) is 155 cm³/mol. The molecule has 12 atom stereocenters. The minimum atomic E-state index is -2.62. The average molecular weight is 647 g/mol. The molecule has 4 aliphatic heterocycles. The summed E-state index contributed by atoms with van der Waals surface area (Å²) >= 11 is 0. The number of epoxide rings is 4. The van der Waals surface area contributed by atoms with Gasteiger partial charge in [0.2, 0.25) is 0 Å². The molecule has 0 spiro atoms. The summed E-state index contributed by atoms with van der Waals surface area (Å²) < 4.78 is 45.3. The van der Waals surface area contributed by atoms with E-state index in [1.165, 1.54) is 0 Å². The number of esters is 4. The van der Waals surface area contributed by atoms with Crippen LogP contribution in [0.2, 0.25) is 0 Å². The number of carbonyl (C=O) groups is 4. The highest BCUT2D eigenvalue weighted by atomic mass is 16.6. The largest absolute Gasteiger partial charge is 0.465 e. The van der Waals surface area contributed by atoms with Crippen LogP contribution < -0.4 is 0 Å². The van der Waals surface area contributed by atoms with Crippen molar-refractivity contribution in [3.05, 3.63) is 0 Å². The van der Waals surface area contributed by atoms with E-state index in [4.69, 9.17) is 37.9 Å². The lowest BCUT2D eigenvalue weighted by atomic mass is 9.83. The van der Waals surface area contributed by atoms with Crippen LogP contribution in [0.15, 0.2) is 0 Å². The lowest BCUT2D eigenvalue weighted by Crippen LogP contribution is -2.52. The Kier molecular flexibility index (Phi) is 8.52. The molecule has 4 heterocycles. The van der Waals surface area contributed by atoms with Gasteiger partial charge in [0, 0.05) is 0 Å². The minimum absolute atomic E-state index is 0.0134. The Bertz CT molecular complexity index is 1100. The van der Waals surface area contributed by atoms with Crippen LogP contribution in [-0.2, 0) is 57.1 Å². The molecule has 0 aromatic heterocycles. The van der Waals surface area contributed by atoms with Crippen LogP contribution in [-0.4, -0.2) is 99.1 Å². The summed E-state index contributed by atoms with van der Waals surface area (Å²) in [5.74, 6) is -3.97. The van der Waals surface area contributed by atoms with Crippen molar-refractivity contribution < 1.29 is 57.1 Å². The zero-order valence-corrected chi connectivity index (χ0v) is 26.3. The Labute approximate surface area is 268 Å². The average Bonchev–Trinajstić information content (AvgIpc) is 3.88. The highest BCUT2D eigenvalue weighted by Gasteiger charge is 2.60. The van der Waals surface area contributed by atoms with E-state index in [0.29, 0.717) is 6.10 Å². The van der Waals surface area contributed by atoms with Crippen LogP contribution in [0.1, 0.15) is 83.5 Å². The van der Waals surface area contributed by atoms with E-state index in [9.17, 15) is 19.2 Å². The number of hydrogen-bond acceptors (Lipinski definition) is 12. The zero-order chi connectivity index (χ0) is 31.4. The standard InChI is InChI=1S/C34H46O12/c35-30(39-14-18-1-5-22-26(9-18)43-22)13-34(31(36)40-15-19-2-6-23-27(10-19)44-23,32(37)41-16-20-3-7-24-28(11-20)45-24)33(38)42-17-21-4-8-25-29(12-21)46-25/h18-29H,1-17H2. The first-order chi connectivity index (χ1) is 22.3. The van der Waals surface area contributed by atoms with E-state index in [0.717, 1.165) is 77.0 Å². The molecule has 12 unspecified atom stereocenters. The molecular formula is C34H46O12. The van der Waals surface area contributed by atoms with Crippen LogP contribution in [0.4, 0.5) is 0 Å². The highest BCUT2D eigenvalue weighted by Crippen LogP contribution is 2.43. The third-order valence-electron chi connectivity index (χ3n) is 11.7. The number of hydrogen-bond donors (Lipinski definition) is 0. The molecule has 8 fully saturated rings. The number of rotatable bonds is 13. The molecule has 12 heteroatoms. The Morgan fingerprint density at radius 1 is 0.435 bits per heavy atom. The highest BCUT2D eigenvalue weighted by molar-refractivity contribution is 6.19. The molecule has 8 aliphatic rings. The van der Waals surface area contributed by atoms with Gasteiger partial charge >= 0.3 is 23.9 Å². The van der Waals surface area contributed by atoms with E-state index in [1.807, 2.05) is 0 Å². The van der Waals surface area contributed by atoms with Gasteiger partial charge in [-0.2, -0.15) is 0 Å². The molecular weight excluding hydrogens is 600 g/mol. The molecule has 0 aromatic rings. The molecule has 4 saturated carbocycles. The van der Waals surface area contributed by atoms with Gasteiger partial charge in [0.1, 0.15) is 0 Å². The molecule has 254 valence electrons. The lowest BCUT2D eigenvalue weighted by molar-refractivity contribution is -0.190. The Hall–Kier alpha value is -2.28. The first-order valence-corrected chi connectivity index (χ1v) is 17.6. The monoisotopic (exact) mass is 646 g/mol. The Balaban J connectivity index is 0.979. The van der Waals surface area contributed by atoms with Crippen molar-refractivity contribution in [3.63, 3.8) is 0 Å². The van der Waals surface area contributed by atoms with E-state index in [2.05, 4.69) is 0 Å². The second-order valence-electron chi connectivity index (χ2n) is 15.1. The first-order valence-electron chi connectivity index (χ1n) is 17.6. The SMILES string of the molecule is O=C(CC(C(=O)OCC1CCC2OC2C1)(C(=O)OCC1CCC2OC2C1)C(=O)OCC1CCC2OC2C1)OCC1CCC2OC2C1. The van der Waals surface area contributed by atoms with Crippen molar-refractivity contribution in [3.8, 4) is 0 Å². The smallest absolute Gasteiger partial charge is 0.335 e. The maximum atomic E-state index is 14.1.